The van der Waals surface area contributed by atoms with E-state index in [-0.39, 0.29) is 11.3 Å². The lowest BCUT2D eigenvalue weighted by atomic mass is 10.1. The second-order valence-corrected chi connectivity index (χ2v) is 8.75. The fraction of sp³-hybridized carbons (Fsp3) is 0.235. The van der Waals surface area contributed by atoms with Crippen molar-refractivity contribution in [1.29, 1.82) is 0 Å². The number of carboxylic acids is 1. The average Bonchev–Trinajstić information content (AvgIpc) is 2.61. The normalized spacial score (nSPS) is 14.8. The van der Waals surface area contributed by atoms with Crippen LogP contribution in [0.15, 0.2) is 41.3 Å². The van der Waals surface area contributed by atoms with Crippen molar-refractivity contribution in [3.8, 4) is 0 Å². The van der Waals surface area contributed by atoms with E-state index in [2.05, 4.69) is 4.72 Å². The minimum absolute atomic E-state index is 0.00722. The molecule has 0 aromatic heterocycles. The summed E-state index contributed by atoms with van der Waals surface area (Å²) in [6.45, 7) is 1.39. The third kappa shape index (κ3) is 4.51. The summed E-state index contributed by atoms with van der Waals surface area (Å²) in [7, 11) is -4.28. The highest BCUT2D eigenvalue weighted by molar-refractivity contribution is 7.99. The van der Waals surface area contributed by atoms with Crippen molar-refractivity contribution in [3.63, 3.8) is 0 Å². The first-order valence-corrected chi connectivity index (χ1v) is 10.6. The van der Waals surface area contributed by atoms with E-state index in [1.165, 1.54) is 18.2 Å². The topological polar surface area (TPSA) is 86.7 Å². The zero-order valence-electron chi connectivity index (χ0n) is 14.0. The van der Waals surface area contributed by atoms with Crippen molar-refractivity contribution in [2.75, 3.05) is 34.2 Å². The molecule has 3 rings (SSSR count). The van der Waals surface area contributed by atoms with Gasteiger partial charge in [-0.05, 0) is 30.3 Å². The van der Waals surface area contributed by atoms with E-state index in [1.807, 2.05) is 4.90 Å². The van der Waals surface area contributed by atoms with Crippen molar-refractivity contribution in [2.45, 2.75) is 4.90 Å². The maximum Gasteiger partial charge on any atom is 0.337 e. The van der Waals surface area contributed by atoms with Crippen molar-refractivity contribution >= 4 is 39.1 Å². The van der Waals surface area contributed by atoms with Crippen molar-refractivity contribution in [3.05, 3.63) is 53.6 Å². The van der Waals surface area contributed by atoms with Gasteiger partial charge in [-0.3, -0.25) is 4.72 Å². The molecule has 1 heterocycles. The molecule has 1 aliphatic rings. The molecule has 0 bridgehead atoms. The molecule has 0 aliphatic carbocycles. The molecule has 0 spiro atoms. The lowest BCUT2D eigenvalue weighted by Gasteiger charge is -2.29. The van der Waals surface area contributed by atoms with Gasteiger partial charge in [0.05, 0.1) is 16.1 Å². The Morgan fingerprint density at radius 1 is 1.07 bits per heavy atom. The van der Waals surface area contributed by atoms with Gasteiger partial charge in [-0.25, -0.2) is 22.0 Å². The van der Waals surface area contributed by atoms with Crippen LogP contribution in [0.2, 0.25) is 0 Å². The van der Waals surface area contributed by atoms with Gasteiger partial charge >= 0.3 is 5.97 Å². The highest BCUT2D eigenvalue weighted by atomic mass is 32.2. The Balaban J connectivity index is 1.92. The first kappa shape index (κ1) is 19.4. The Morgan fingerprint density at radius 2 is 1.70 bits per heavy atom. The lowest BCUT2D eigenvalue weighted by Crippen LogP contribution is -2.33. The largest absolute Gasteiger partial charge is 0.478 e. The smallest absolute Gasteiger partial charge is 0.337 e. The molecule has 1 aliphatic heterocycles. The molecule has 2 N–H and O–H groups in total. The average molecular weight is 414 g/mol. The minimum Gasteiger partial charge on any atom is -0.478 e. The van der Waals surface area contributed by atoms with Crippen LogP contribution in [0.25, 0.3) is 0 Å². The first-order chi connectivity index (χ1) is 12.8. The third-order valence-corrected chi connectivity index (χ3v) is 6.28. The molecule has 2 aromatic rings. The number of nitrogens with zero attached hydrogens (tertiary/aromatic N) is 1. The van der Waals surface area contributed by atoms with Crippen LogP contribution in [0.5, 0.6) is 0 Å². The highest BCUT2D eigenvalue weighted by Gasteiger charge is 2.21. The SMILES string of the molecule is O=C(O)c1cc(NS(=O)(=O)c2cc(F)cc(F)c2)ccc1N1CCSCC1. The van der Waals surface area contributed by atoms with Crippen molar-refractivity contribution < 1.29 is 27.1 Å². The summed E-state index contributed by atoms with van der Waals surface area (Å²) < 4.78 is 53.5. The number of sulfonamides is 1. The maximum absolute atomic E-state index is 13.3. The van der Waals surface area contributed by atoms with Gasteiger partial charge in [0.25, 0.3) is 10.0 Å². The molecule has 0 radical (unpaired) electrons. The first-order valence-electron chi connectivity index (χ1n) is 7.95. The monoisotopic (exact) mass is 414 g/mol. The molecule has 0 amide bonds. The summed E-state index contributed by atoms with van der Waals surface area (Å²) in [5.74, 6) is -1.50. The molecule has 144 valence electrons. The number of anilines is 2. The van der Waals surface area contributed by atoms with Gasteiger partial charge in [0, 0.05) is 36.3 Å². The molecule has 1 saturated heterocycles. The number of thioether (sulfide) groups is 1. The number of aromatic carboxylic acids is 1. The van der Waals surface area contributed by atoms with E-state index in [0.717, 1.165) is 11.5 Å². The number of carbonyl (C=O) groups is 1. The van der Waals surface area contributed by atoms with Gasteiger partial charge in [0.15, 0.2) is 0 Å². The Morgan fingerprint density at radius 3 is 2.30 bits per heavy atom. The van der Waals surface area contributed by atoms with Crippen LogP contribution in [0.1, 0.15) is 10.4 Å². The van der Waals surface area contributed by atoms with E-state index in [9.17, 15) is 27.1 Å². The van der Waals surface area contributed by atoms with Gasteiger partial charge in [-0.1, -0.05) is 0 Å². The molecule has 0 atom stereocenters. The quantitative estimate of drug-likeness (QED) is 0.782. The molecule has 0 saturated carbocycles. The maximum atomic E-state index is 13.3. The number of carboxylic acid groups (broad SMARTS) is 1. The lowest BCUT2D eigenvalue weighted by molar-refractivity contribution is 0.0697. The van der Waals surface area contributed by atoms with E-state index in [4.69, 9.17) is 0 Å². The second kappa shape index (κ2) is 7.73. The Hall–Kier alpha value is -2.33. The van der Waals surface area contributed by atoms with Crippen molar-refractivity contribution in [2.24, 2.45) is 0 Å². The van der Waals surface area contributed by atoms with Crippen LogP contribution in [0, 0.1) is 11.6 Å². The molecular formula is C17H16F2N2O4S2. The summed E-state index contributed by atoms with van der Waals surface area (Å²) in [6.07, 6.45) is 0. The zero-order chi connectivity index (χ0) is 19.6. The standard InChI is InChI=1S/C17H16F2N2O4S2/c18-11-7-12(19)9-14(8-11)27(24,25)20-13-1-2-16(15(10-13)17(22)23)21-3-5-26-6-4-21/h1-2,7-10,20H,3-6H2,(H,22,23). The van der Waals surface area contributed by atoms with E-state index < -0.39 is 32.5 Å². The zero-order valence-corrected chi connectivity index (χ0v) is 15.6. The number of hydrogen-bond acceptors (Lipinski definition) is 5. The van der Waals surface area contributed by atoms with Crippen LogP contribution < -0.4 is 9.62 Å². The number of benzene rings is 2. The Labute approximate surface area is 159 Å². The van der Waals surface area contributed by atoms with E-state index >= 15 is 0 Å². The molecule has 10 heteroatoms. The summed E-state index contributed by atoms with van der Waals surface area (Å²) in [5, 5.41) is 9.50. The van der Waals surface area contributed by atoms with Crippen LogP contribution >= 0.6 is 11.8 Å². The number of nitrogens with one attached hydrogen (secondary N) is 1. The van der Waals surface area contributed by atoms with Gasteiger partial charge < -0.3 is 10.0 Å². The highest BCUT2D eigenvalue weighted by Crippen LogP contribution is 2.28. The molecular weight excluding hydrogens is 398 g/mol. The van der Waals surface area contributed by atoms with E-state index in [1.54, 1.807) is 11.8 Å². The van der Waals surface area contributed by atoms with Crippen LogP contribution in [0.3, 0.4) is 0 Å². The molecule has 6 nitrogen and oxygen atoms in total. The van der Waals surface area contributed by atoms with Gasteiger partial charge in [-0.15, -0.1) is 0 Å². The summed E-state index contributed by atoms with van der Waals surface area (Å²) in [5.41, 5.74) is 0.447. The predicted octanol–water partition coefficient (Wildman–Crippen LogP) is 3.02. The van der Waals surface area contributed by atoms with Gasteiger partial charge in [0.1, 0.15) is 11.6 Å². The van der Waals surface area contributed by atoms with Gasteiger partial charge in [0.2, 0.25) is 0 Å². The molecule has 2 aromatic carbocycles. The van der Waals surface area contributed by atoms with Crippen molar-refractivity contribution in [1.82, 2.24) is 0 Å². The number of halogens is 2. The Kier molecular flexibility index (Phi) is 5.56. The third-order valence-electron chi connectivity index (χ3n) is 3.98. The minimum atomic E-state index is -4.28. The van der Waals surface area contributed by atoms with Crippen LogP contribution in [0.4, 0.5) is 20.2 Å². The molecule has 1 fully saturated rings. The fourth-order valence-electron chi connectivity index (χ4n) is 2.75. The summed E-state index contributed by atoms with van der Waals surface area (Å²) in [4.78, 5) is 13.0. The summed E-state index contributed by atoms with van der Waals surface area (Å²) in [6, 6.07) is 6.09. The fourth-order valence-corrected chi connectivity index (χ4v) is 4.74. The molecule has 27 heavy (non-hydrogen) atoms. The second-order valence-electron chi connectivity index (χ2n) is 5.85. The predicted molar refractivity (Wildman–Crippen MR) is 100 cm³/mol. The van der Waals surface area contributed by atoms with Crippen LogP contribution in [-0.2, 0) is 10.0 Å². The number of hydrogen-bond donors (Lipinski definition) is 2. The van der Waals surface area contributed by atoms with E-state index in [0.29, 0.717) is 37.0 Å². The number of rotatable bonds is 5. The van der Waals surface area contributed by atoms with Crippen LogP contribution in [-0.4, -0.2) is 44.1 Å². The van der Waals surface area contributed by atoms with Gasteiger partial charge in [-0.2, -0.15) is 11.8 Å². The summed E-state index contributed by atoms with van der Waals surface area (Å²) >= 11 is 1.78. The Bertz CT molecular complexity index is 957. The molecule has 0 unspecified atom stereocenters.